The van der Waals surface area contributed by atoms with Crippen molar-refractivity contribution >= 4 is 5.69 Å². The number of hydrogen-bond donors (Lipinski definition) is 1. The number of anilines is 1. The molecule has 1 spiro atoms. The summed E-state index contributed by atoms with van der Waals surface area (Å²) in [4.78, 5) is 11.3. The van der Waals surface area contributed by atoms with Crippen molar-refractivity contribution in [3.63, 3.8) is 0 Å². The van der Waals surface area contributed by atoms with Gasteiger partial charge in [-0.2, -0.15) is 0 Å². The molecule has 2 fully saturated rings. The van der Waals surface area contributed by atoms with Crippen LogP contribution in [-0.2, 0) is 11.3 Å². The van der Waals surface area contributed by atoms with Gasteiger partial charge in [-0.3, -0.25) is 14.9 Å². The average molecular weight is 324 g/mol. The maximum Gasteiger partial charge on any atom is 0.0842 e. The fourth-order valence-corrected chi connectivity index (χ4v) is 3.88. The van der Waals surface area contributed by atoms with Gasteiger partial charge in [0.05, 0.1) is 29.6 Å². The molecular weight excluding hydrogens is 300 g/mol. The second-order valence-electron chi connectivity index (χ2n) is 7.01. The van der Waals surface area contributed by atoms with E-state index in [1.165, 1.54) is 0 Å². The monoisotopic (exact) mass is 324 g/mol. The zero-order chi connectivity index (χ0) is 16.4. The van der Waals surface area contributed by atoms with E-state index in [0.29, 0.717) is 6.04 Å². The number of likely N-dealkylation sites (tertiary alicyclic amines) is 1. The molecule has 2 aromatic heterocycles. The highest BCUT2D eigenvalue weighted by molar-refractivity contribution is 5.41. The second-order valence-corrected chi connectivity index (χ2v) is 7.01. The summed E-state index contributed by atoms with van der Waals surface area (Å²) in [5, 5.41) is 3.55. The van der Waals surface area contributed by atoms with Gasteiger partial charge in [0.2, 0.25) is 0 Å². The molecule has 0 saturated carbocycles. The summed E-state index contributed by atoms with van der Waals surface area (Å²) in [5.41, 5.74) is 3.31. The fourth-order valence-electron chi connectivity index (χ4n) is 3.88. The van der Waals surface area contributed by atoms with E-state index in [-0.39, 0.29) is 5.60 Å². The topological polar surface area (TPSA) is 50.3 Å². The Morgan fingerprint density at radius 1 is 1.33 bits per heavy atom. The number of ether oxygens (including phenoxy) is 1. The summed E-state index contributed by atoms with van der Waals surface area (Å²) in [6.45, 7) is 5.80. The maximum atomic E-state index is 6.23. The van der Waals surface area contributed by atoms with Crippen LogP contribution < -0.4 is 5.32 Å². The van der Waals surface area contributed by atoms with E-state index in [1.54, 1.807) is 6.20 Å². The van der Waals surface area contributed by atoms with Crippen LogP contribution in [0.25, 0.3) is 0 Å². The second kappa shape index (κ2) is 6.49. The quantitative estimate of drug-likeness (QED) is 0.937. The molecule has 126 valence electrons. The third kappa shape index (κ3) is 3.42. The van der Waals surface area contributed by atoms with Crippen molar-refractivity contribution in [3.8, 4) is 0 Å². The van der Waals surface area contributed by atoms with Crippen molar-refractivity contribution in [1.29, 1.82) is 0 Å². The molecular formula is C19H24N4O. The fraction of sp³-hybridized carbons (Fsp3) is 0.474. The van der Waals surface area contributed by atoms with Crippen LogP contribution in [0.15, 0.2) is 42.7 Å². The number of rotatable bonds is 4. The van der Waals surface area contributed by atoms with E-state index in [2.05, 4.69) is 38.4 Å². The molecule has 4 rings (SSSR count). The van der Waals surface area contributed by atoms with Crippen molar-refractivity contribution in [3.05, 3.63) is 54.1 Å². The first kappa shape index (κ1) is 15.5. The van der Waals surface area contributed by atoms with E-state index in [4.69, 9.17) is 4.74 Å². The standard InChI is InChI=1S/C19H24N4O/c1-15-4-2-5-17(21-15)12-23-9-7-19(14-23)10-18(13-24-19)22-16-6-3-8-20-11-16/h2-6,8,11,18,22H,7,9-10,12-14H2,1H3/t18-,19-/m0/s1. The Hall–Kier alpha value is -1.98. The Balaban J connectivity index is 1.34. The summed E-state index contributed by atoms with van der Waals surface area (Å²) in [7, 11) is 0. The molecule has 0 unspecified atom stereocenters. The van der Waals surface area contributed by atoms with Crippen LogP contribution in [0.1, 0.15) is 24.2 Å². The Labute approximate surface area is 143 Å². The first-order chi connectivity index (χ1) is 11.7. The first-order valence-electron chi connectivity index (χ1n) is 8.66. The van der Waals surface area contributed by atoms with Gasteiger partial charge in [0.1, 0.15) is 0 Å². The summed E-state index contributed by atoms with van der Waals surface area (Å²) in [6, 6.07) is 10.6. The predicted molar refractivity (Wildman–Crippen MR) is 93.8 cm³/mol. The van der Waals surface area contributed by atoms with Gasteiger partial charge in [-0.15, -0.1) is 0 Å². The van der Waals surface area contributed by atoms with Gasteiger partial charge in [0.25, 0.3) is 0 Å². The van der Waals surface area contributed by atoms with Crippen LogP contribution in [0, 0.1) is 6.92 Å². The van der Waals surface area contributed by atoms with Crippen LogP contribution >= 0.6 is 0 Å². The number of aromatic nitrogens is 2. The Morgan fingerprint density at radius 3 is 3.12 bits per heavy atom. The van der Waals surface area contributed by atoms with Gasteiger partial charge in [0, 0.05) is 44.1 Å². The minimum atomic E-state index is 0.00367. The largest absolute Gasteiger partial charge is 0.379 e. The van der Waals surface area contributed by atoms with E-state index < -0.39 is 0 Å². The highest BCUT2D eigenvalue weighted by atomic mass is 16.5. The van der Waals surface area contributed by atoms with Crippen LogP contribution in [0.5, 0.6) is 0 Å². The minimum absolute atomic E-state index is 0.00367. The van der Waals surface area contributed by atoms with Gasteiger partial charge >= 0.3 is 0 Å². The lowest BCUT2D eigenvalue weighted by Crippen LogP contribution is -2.33. The maximum absolute atomic E-state index is 6.23. The van der Waals surface area contributed by atoms with Gasteiger partial charge < -0.3 is 10.1 Å². The number of pyridine rings is 2. The molecule has 0 radical (unpaired) electrons. The van der Waals surface area contributed by atoms with Gasteiger partial charge in [0.15, 0.2) is 0 Å². The van der Waals surface area contributed by atoms with E-state index in [1.807, 2.05) is 25.3 Å². The zero-order valence-electron chi connectivity index (χ0n) is 14.1. The van der Waals surface area contributed by atoms with Crippen molar-refractivity contribution in [1.82, 2.24) is 14.9 Å². The Bertz CT molecular complexity index is 693. The molecule has 0 aromatic carbocycles. The van der Waals surface area contributed by atoms with E-state index in [0.717, 1.165) is 56.2 Å². The number of aryl methyl sites for hydroxylation is 1. The molecule has 24 heavy (non-hydrogen) atoms. The number of hydrogen-bond acceptors (Lipinski definition) is 5. The summed E-state index contributed by atoms with van der Waals surface area (Å²) in [6.07, 6.45) is 5.82. The van der Waals surface area contributed by atoms with Crippen molar-refractivity contribution < 1.29 is 4.74 Å². The van der Waals surface area contributed by atoms with Crippen molar-refractivity contribution in [2.24, 2.45) is 0 Å². The highest BCUT2D eigenvalue weighted by Gasteiger charge is 2.45. The Kier molecular flexibility index (Phi) is 4.21. The van der Waals surface area contributed by atoms with Crippen LogP contribution in [0.2, 0.25) is 0 Å². The lowest BCUT2D eigenvalue weighted by molar-refractivity contribution is 0.0119. The molecule has 2 atom stereocenters. The average Bonchev–Trinajstić information content (AvgIpc) is 3.15. The smallest absolute Gasteiger partial charge is 0.0842 e. The van der Waals surface area contributed by atoms with Crippen molar-refractivity contribution in [2.45, 2.75) is 38.0 Å². The molecule has 2 saturated heterocycles. The SMILES string of the molecule is Cc1cccc(CN2CC[C@]3(C[C@H](Nc4cccnc4)CO3)C2)n1. The van der Waals surface area contributed by atoms with Gasteiger partial charge in [-0.1, -0.05) is 6.07 Å². The molecule has 4 heterocycles. The minimum Gasteiger partial charge on any atom is -0.379 e. The van der Waals surface area contributed by atoms with Gasteiger partial charge in [-0.05, 0) is 37.6 Å². The van der Waals surface area contributed by atoms with E-state index >= 15 is 0 Å². The van der Waals surface area contributed by atoms with Crippen LogP contribution in [-0.4, -0.2) is 46.2 Å². The summed E-state index contributed by atoms with van der Waals surface area (Å²) >= 11 is 0. The van der Waals surface area contributed by atoms with Crippen LogP contribution in [0.4, 0.5) is 5.69 Å². The zero-order valence-corrected chi connectivity index (χ0v) is 14.1. The molecule has 2 aromatic rings. The molecule has 5 nitrogen and oxygen atoms in total. The van der Waals surface area contributed by atoms with Crippen LogP contribution in [0.3, 0.4) is 0 Å². The number of nitrogens with zero attached hydrogens (tertiary/aromatic N) is 3. The molecule has 0 bridgehead atoms. The lowest BCUT2D eigenvalue weighted by atomic mass is 9.97. The molecule has 2 aliphatic heterocycles. The molecule has 5 heteroatoms. The number of nitrogens with one attached hydrogen (secondary N) is 1. The summed E-state index contributed by atoms with van der Waals surface area (Å²) in [5.74, 6) is 0. The first-order valence-corrected chi connectivity index (χ1v) is 8.66. The van der Waals surface area contributed by atoms with Crippen molar-refractivity contribution in [2.75, 3.05) is 25.0 Å². The third-order valence-electron chi connectivity index (χ3n) is 4.97. The normalized spacial score (nSPS) is 27.0. The third-order valence-corrected chi connectivity index (χ3v) is 4.97. The molecule has 0 aliphatic carbocycles. The lowest BCUT2D eigenvalue weighted by Gasteiger charge is -2.23. The van der Waals surface area contributed by atoms with Gasteiger partial charge in [-0.25, -0.2) is 0 Å². The molecule has 1 N–H and O–H groups in total. The Morgan fingerprint density at radius 2 is 2.29 bits per heavy atom. The highest BCUT2D eigenvalue weighted by Crippen LogP contribution is 2.36. The molecule has 0 amide bonds. The molecule has 2 aliphatic rings. The predicted octanol–water partition coefficient (Wildman–Crippen LogP) is 2.63. The summed E-state index contributed by atoms with van der Waals surface area (Å²) < 4.78 is 6.23. The van der Waals surface area contributed by atoms with E-state index in [9.17, 15) is 0 Å².